The van der Waals surface area contributed by atoms with Crippen molar-refractivity contribution in [1.82, 2.24) is 9.97 Å². The molecule has 0 bridgehead atoms. The van der Waals surface area contributed by atoms with Gasteiger partial charge in [-0.15, -0.1) is 0 Å². The Morgan fingerprint density at radius 1 is 1.39 bits per heavy atom. The zero-order valence-corrected chi connectivity index (χ0v) is 9.81. The van der Waals surface area contributed by atoms with Gasteiger partial charge in [-0.2, -0.15) is 5.26 Å². The van der Waals surface area contributed by atoms with Crippen LogP contribution in [0, 0.1) is 24.1 Å². The maximum atomic E-state index is 13.6. The summed E-state index contributed by atoms with van der Waals surface area (Å²) in [6.07, 6.45) is 1.31. The molecule has 18 heavy (non-hydrogen) atoms. The second-order valence-electron chi connectivity index (χ2n) is 3.79. The highest BCUT2D eigenvalue weighted by molar-refractivity contribution is 5.39. The molecule has 0 radical (unpaired) electrons. The standard InChI is InChI=1S/C13H11FN4/c1-9-12(14)13(18-8-17-9)16-7-11-4-2-3-10(5-11)6-15/h2-5,8H,7H2,1H3,(H,16,17,18). The van der Waals surface area contributed by atoms with Crippen molar-refractivity contribution in [1.29, 1.82) is 5.26 Å². The molecule has 2 aromatic rings. The van der Waals surface area contributed by atoms with Crippen molar-refractivity contribution in [3.8, 4) is 6.07 Å². The number of benzene rings is 1. The molecule has 2 rings (SSSR count). The minimum atomic E-state index is -0.450. The summed E-state index contributed by atoms with van der Waals surface area (Å²) in [5.41, 5.74) is 1.77. The van der Waals surface area contributed by atoms with Gasteiger partial charge in [-0.25, -0.2) is 14.4 Å². The molecule has 0 atom stereocenters. The Kier molecular flexibility index (Phi) is 3.49. The lowest BCUT2D eigenvalue weighted by molar-refractivity contribution is 0.604. The normalized spacial score (nSPS) is 9.83. The Morgan fingerprint density at radius 2 is 2.22 bits per heavy atom. The molecule has 90 valence electrons. The molecule has 5 heteroatoms. The van der Waals surface area contributed by atoms with Crippen LogP contribution in [0.25, 0.3) is 0 Å². The number of hydrogen-bond acceptors (Lipinski definition) is 4. The van der Waals surface area contributed by atoms with Crippen molar-refractivity contribution < 1.29 is 4.39 Å². The quantitative estimate of drug-likeness (QED) is 0.897. The molecule has 0 fully saturated rings. The topological polar surface area (TPSA) is 61.6 Å². The first-order chi connectivity index (χ1) is 8.70. The first-order valence-corrected chi connectivity index (χ1v) is 5.40. The highest BCUT2D eigenvalue weighted by Gasteiger charge is 2.06. The number of aromatic nitrogens is 2. The van der Waals surface area contributed by atoms with Gasteiger partial charge >= 0.3 is 0 Å². The molecule has 1 aromatic heterocycles. The highest BCUT2D eigenvalue weighted by Crippen LogP contribution is 2.13. The zero-order chi connectivity index (χ0) is 13.0. The Hall–Kier alpha value is -2.48. The fourth-order valence-corrected chi connectivity index (χ4v) is 1.52. The minimum Gasteiger partial charge on any atom is -0.363 e. The van der Waals surface area contributed by atoms with Gasteiger partial charge in [-0.05, 0) is 24.6 Å². The molecule has 0 aliphatic rings. The van der Waals surface area contributed by atoms with Gasteiger partial charge in [-0.3, -0.25) is 0 Å². The predicted octanol–water partition coefficient (Wildman–Crippen LogP) is 2.41. The van der Waals surface area contributed by atoms with Crippen LogP contribution in [0.3, 0.4) is 0 Å². The molecule has 4 nitrogen and oxygen atoms in total. The van der Waals surface area contributed by atoms with Gasteiger partial charge in [0.25, 0.3) is 0 Å². The summed E-state index contributed by atoms with van der Waals surface area (Å²) in [5, 5.41) is 11.7. The second-order valence-corrected chi connectivity index (χ2v) is 3.79. The van der Waals surface area contributed by atoms with E-state index >= 15 is 0 Å². The Balaban J connectivity index is 2.12. The van der Waals surface area contributed by atoms with E-state index in [2.05, 4.69) is 21.4 Å². The lowest BCUT2D eigenvalue weighted by Gasteiger charge is -2.07. The van der Waals surface area contributed by atoms with E-state index in [4.69, 9.17) is 5.26 Å². The van der Waals surface area contributed by atoms with Crippen molar-refractivity contribution in [2.24, 2.45) is 0 Å². The molecule has 1 heterocycles. The molecular formula is C13H11FN4. The van der Waals surface area contributed by atoms with Gasteiger partial charge in [0.15, 0.2) is 11.6 Å². The fraction of sp³-hybridized carbons (Fsp3) is 0.154. The molecular weight excluding hydrogens is 231 g/mol. The van der Waals surface area contributed by atoms with Crippen LogP contribution in [0.5, 0.6) is 0 Å². The van der Waals surface area contributed by atoms with Crippen LogP contribution in [0.4, 0.5) is 10.2 Å². The molecule has 0 aliphatic heterocycles. The maximum Gasteiger partial charge on any atom is 0.186 e. The summed E-state index contributed by atoms with van der Waals surface area (Å²) in [4.78, 5) is 7.59. The van der Waals surface area contributed by atoms with E-state index in [0.29, 0.717) is 17.8 Å². The van der Waals surface area contributed by atoms with E-state index in [-0.39, 0.29) is 5.82 Å². The lowest BCUT2D eigenvalue weighted by atomic mass is 10.1. The molecule has 0 saturated heterocycles. The third-order valence-corrected chi connectivity index (χ3v) is 2.48. The summed E-state index contributed by atoms with van der Waals surface area (Å²) in [6.45, 7) is 1.99. The lowest BCUT2D eigenvalue weighted by Crippen LogP contribution is -2.05. The number of halogens is 1. The van der Waals surface area contributed by atoms with E-state index in [9.17, 15) is 4.39 Å². The summed E-state index contributed by atoms with van der Waals surface area (Å²) >= 11 is 0. The fourth-order valence-electron chi connectivity index (χ4n) is 1.52. The average Bonchev–Trinajstić information content (AvgIpc) is 2.41. The molecule has 0 amide bonds. The largest absolute Gasteiger partial charge is 0.363 e. The van der Waals surface area contributed by atoms with E-state index in [0.717, 1.165) is 5.56 Å². The molecule has 0 spiro atoms. The van der Waals surface area contributed by atoms with Gasteiger partial charge in [0, 0.05) is 6.54 Å². The average molecular weight is 242 g/mol. The molecule has 1 aromatic carbocycles. The van der Waals surface area contributed by atoms with Gasteiger partial charge in [0.05, 0.1) is 17.3 Å². The van der Waals surface area contributed by atoms with Crippen molar-refractivity contribution in [2.45, 2.75) is 13.5 Å². The number of nitrogens with zero attached hydrogens (tertiary/aromatic N) is 3. The number of hydrogen-bond donors (Lipinski definition) is 1. The van der Waals surface area contributed by atoms with Crippen LogP contribution >= 0.6 is 0 Å². The Labute approximate surface area is 104 Å². The second kappa shape index (κ2) is 5.23. The van der Waals surface area contributed by atoms with E-state index in [1.54, 1.807) is 25.1 Å². The smallest absolute Gasteiger partial charge is 0.186 e. The third kappa shape index (κ3) is 2.61. The van der Waals surface area contributed by atoms with Crippen LogP contribution in [0.15, 0.2) is 30.6 Å². The summed E-state index contributed by atoms with van der Waals surface area (Å²) in [5.74, 6) is -0.279. The SMILES string of the molecule is Cc1ncnc(NCc2cccc(C#N)c2)c1F. The van der Waals surface area contributed by atoms with Crippen LogP contribution in [0.1, 0.15) is 16.8 Å². The number of aryl methyl sites for hydroxylation is 1. The molecule has 0 unspecified atom stereocenters. The Morgan fingerprint density at radius 3 is 3.00 bits per heavy atom. The van der Waals surface area contributed by atoms with Gasteiger partial charge in [0.2, 0.25) is 0 Å². The monoisotopic (exact) mass is 242 g/mol. The maximum absolute atomic E-state index is 13.6. The van der Waals surface area contributed by atoms with Gasteiger partial charge in [0.1, 0.15) is 6.33 Å². The van der Waals surface area contributed by atoms with Crippen LogP contribution in [-0.4, -0.2) is 9.97 Å². The first-order valence-electron chi connectivity index (χ1n) is 5.40. The predicted molar refractivity (Wildman–Crippen MR) is 65.2 cm³/mol. The van der Waals surface area contributed by atoms with Crippen molar-refractivity contribution in [3.05, 3.63) is 53.2 Å². The van der Waals surface area contributed by atoms with Gasteiger partial charge < -0.3 is 5.32 Å². The van der Waals surface area contributed by atoms with E-state index < -0.39 is 5.82 Å². The molecule has 0 aliphatic carbocycles. The molecule has 1 N–H and O–H groups in total. The number of rotatable bonds is 3. The number of nitriles is 1. The van der Waals surface area contributed by atoms with Gasteiger partial charge in [-0.1, -0.05) is 12.1 Å². The van der Waals surface area contributed by atoms with Crippen molar-refractivity contribution in [2.75, 3.05) is 5.32 Å². The van der Waals surface area contributed by atoms with Crippen molar-refractivity contribution >= 4 is 5.82 Å². The number of nitrogens with one attached hydrogen (secondary N) is 1. The van der Waals surface area contributed by atoms with E-state index in [1.165, 1.54) is 6.33 Å². The van der Waals surface area contributed by atoms with Crippen LogP contribution in [0.2, 0.25) is 0 Å². The summed E-state index contributed by atoms with van der Waals surface area (Å²) < 4.78 is 13.6. The van der Waals surface area contributed by atoms with E-state index in [1.807, 2.05) is 6.07 Å². The summed E-state index contributed by atoms with van der Waals surface area (Å²) in [6, 6.07) is 9.18. The van der Waals surface area contributed by atoms with Crippen molar-refractivity contribution in [3.63, 3.8) is 0 Å². The molecule has 0 saturated carbocycles. The zero-order valence-electron chi connectivity index (χ0n) is 9.81. The first kappa shape index (κ1) is 12.0. The summed E-state index contributed by atoms with van der Waals surface area (Å²) in [7, 11) is 0. The van der Waals surface area contributed by atoms with Crippen LogP contribution in [-0.2, 0) is 6.54 Å². The highest BCUT2D eigenvalue weighted by atomic mass is 19.1. The minimum absolute atomic E-state index is 0.171. The Bertz CT molecular complexity index is 604. The van der Waals surface area contributed by atoms with Crippen LogP contribution < -0.4 is 5.32 Å². The number of anilines is 1. The third-order valence-electron chi connectivity index (χ3n) is 2.48.